The van der Waals surface area contributed by atoms with Crippen molar-refractivity contribution in [3.05, 3.63) is 0 Å². The van der Waals surface area contributed by atoms with Crippen molar-refractivity contribution < 1.29 is 0 Å². The average molecular weight is 142 g/mol. The Hall–Kier alpha value is -0.0800. The first kappa shape index (κ1) is 8.02. The summed E-state index contributed by atoms with van der Waals surface area (Å²) in [5.74, 6) is 0. The van der Waals surface area contributed by atoms with Crippen LogP contribution in [0.1, 0.15) is 33.6 Å². The van der Waals surface area contributed by atoms with Gasteiger partial charge in [0.1, 0.15) is 0 Å². The van der Waals surface area contributed by atoms with Crippen molar-refractivity contribution in [1.29, 1.82) is 0 Å². The molecule has 1 saturated carbocycles. The fourth-order valence-corrected chi connectivity index (χ4v) is 1.26. The molecule has 0 amide bonds. The molecule has 1 aliphatic carbocycles. The lowest BCUT2D eigenvalue weighted by molar-refractivity contribution is 0.230. The van der Waals surface area contributed by atoms with E-state index in [0.717, 1.165) is 0 Å². The summed E-state index contributed by atoms with van der Waals surface area (Å²) in [7, 11) is 0. The largest absolute Gasteiger partial charge is 0.326 e. The lowest BCUT2D eigenvalue weighted by Gasteiger charge is -2.39. The van der Waals surface area contributed by atoms with Crippen molar-refractivity contribution >= 4 is 0 Å². The Balaban J connectivity index is 2.26. The molecular formula is C8H18N2. The van der Waals surface area contributed by atoms with Gasteiger partial charge >= 0.3 is 0 Å². The van der Waals surface area contributed by atoms with Crippen LogP contribution < -0.4 is 11.1 Å². The van der Waals surface area contributed by atoms with E-state index in [1.54, 1.807) is 0 Å². The zero-order valence-corrected chi connectivity index (χ0v) is 7.15. The molecule has 60 valence electrons. The summed E-state index contributed by atoms with van der Waals surface area (Å²) in [6.45, 7) is 6.54. The molecule has 10 heavy (non-hydrogen) atoms. The number of nitrogens with one attached hydrogen (secondary N) is 1. The maximum absolute atomic E-state index is 5.77. The highest BCUT2D eigenvalue weighted by Crippen LogP contribution is 2.19. The van der Waals surface area contributed by atoms with E-state index < -0.39 is 0 Å². The molecule has 0 aromatic carbocycles. The normalized spacial score (nSPS) is 33.6. The van der Waals surface area contributed by atoms with Crippen LogP contribution in [0.15, 0.2) is 0 Å². The lowest BCUT2D eigenvalue weighted by atomic mass is 9.85. The highest BCUT2D eigenvalue weighted by atomic mass is 15.0. The van der Waals surface area contributed by atoms with Crippen molar-refractivity contribution in [2.24, 2.45) is 5.73 Å². The third-order valence-electron chi connectivity index (χ3n) is 1.95. The Morgan fingerprint density at radius 1 is 1.30 bits per heavy atom. The minimum Gasteiger partial charge on any atom is -0.326 e. The second kappa shape index (κ2) is 2.51. The van der Waals surface area contributed by atoms with E-state index in [1.165, 1.54) is 12.8 Å². The van der Waals surface area contributed by atoms with E-state index in [0.29, 0.717) is 12.1 Å². The topological polar surface area (TPSA) is 38.0 Å². The fourth-order valence-electron chi connectivity index (χ4n) is 1.26. The molecule has 0 aromatic heterocycles. The van der Waals surface area contributed by atoms with E-state index in [-0.39, 0.29) is 5.54 Å². The van der Waals surface area contributed by atoms with Gasteiger partial charge in [-0.1, -0.05) is 0 Å². The second-order valence-corrected chi connectivity index (χ2v) is 4.24. The van der Waals surface area contributed by atoms with Gasteiger partial charge in [0.2, 0.25) is 0 Å². The zero-order chi connectivity index (χ0) is 7.78. The monoisotopic (exact) mass is 142 g/mol. The van der Waals surface area contributed by atoms with Gasteiger partial charge in [0.15, 0.2) is 0 Å². The van der Waals surface area contributed by atoms with Crippen LogP contribution in [-0.2, 0) is 0 Å². The molecule has 1 fully saturated rings. The van der Waals surface area contributed by atoms with E-state index >= 15 is 0 Å². The summed E-state index contributed by atoms with van der Waals surface area (Å²) in [6.07, 6.45) is 2.44. The van der Waals surface area contributed by atoms with Gasteiger partial charge in [-0.3, -0.25) is 0 Å². The summed E-state index contributed by atoms with van der Waals surface area (Å²) >= 11 is 0. The molecule has 0 spiro atoms. The molecule has 0 heterocycles. The summed E-state index contributed by atoms with van der Waals surface area (Å²) in [5.41, 5.74) is 5.99. The van der Waals surface area contributed by atoms with Crippen molar-refractivity contribution in [2.45, 2.75) is 51.2 Å². The summed E-state index contributed by atoms with van der Waals surface area (Å²) in [5, 5.41) is 3.48. The molecule has 0 bridgehead atoms. The predicted octanol–water partition coefficient (Wildman–Crippen LogP) is 0.864. The SMILES string of the molecule is CC(C)(C)N[C@@H]1CC[C@H]1N. The second-order valence-electron chi connectivity index (χ2n) is 4.24. The van der Waals surface area contributed by atoms with Gasteiger partial charge in [-0.2, -0.15) is 0 Å². The molecular weight excluding hydrogens is 124 g/mol. The molecule has 2 nitrogen and oxygen atoms in total. The maximum atomic E-state index is 5.77. The van der Waals surface area contributed by atoms with Crippen molar-refractivity contribution in [2.75, 3.05) is 0 Å². The molecule has 0 aromatic rings. The molecule has 0 unspecified atom stereocenters. The van der Waals surface area contributed by atoms with Gasteiger partial charge in [-0.15, -0.1) is 0 Å². The highest BCUT2D eigenvalue weighted by molar-refractivity contribution is 4.93. The minimum absolute atomic E-state index is 0.225. The van der Waals surface area contributed by atoms with Crippen LogP contribution in [-0.4, -0.2) is 17.6 Å². The first-order valence-corrected chi connectivity index (χ1v) is 4.02. The Morgan fingerprint density at radius 3 is 2.00 bits per heavy atom. The van der Waals surface area contributed by atoms with Crippen LogP contribution in [0.2, 0.25) is 0 Å². The Labute approximate surface area is 63.2 Å². The van der Waals surface area contributed by atoms with Gasteiger partial charge in [0.25, 0.3) is 0 Å². The summed E-state index contributed by atoms with van der Waals surface area (Å²) < 4.78 is 0. The Bertz CT molecular complexity index is 115. The number of rotatable bonds is 1. The van der Waals surface area contributed by atoms with E-state index in [9.17, 15) is 0 Å². The van der Waals surface area contributed by atoms with Crippen LogP contribution in [0.5, 0.6) is 0 Å². The Kier molecular flexibility index (Phi) is 2.02. The quantitative estimate of drug-likeness (QED) is 0.570. The lowest BCUT2D eigenvalue weighted by Crippen LogP contribution is -2.58. The van der Waals surface area contributed by atoms with Crippen molar-refractivity contribution in [1.82, 2.24) is 5.32 Å². The molecule has 2 atom stereocenters. The molecule has 0 aliphatic heterocycles. The molecule has 0 saturated heterocycles. The van der Waals surface area contributed by atoms with Gasteiger partial charge in [0.05, 0.1) is 0 Å². The van der Waals surface area contributed by atoms with Crippen LogP contribution in [0, 0.1) is 0 Å². The third kappa shape index (κ3) is 1.96. The predicted molar refractivity (Wildman–Crippen MR) is 43.9 cm³/mol. The first-order valence-electron chi connectivity index (χ1n) is 4.02. The number of hydrogen-bond acceptors (Lipinski definition) is 2. The Morgan fingerprint density at radius 2 is 1.90 bits per heavy atom. The number of hydrogen-bond donors (Lipinski definition) is 2. The average Bonchev–Trinajstić information content (AvgIpc) is 1.78. The maximum Gasteiger partial charge on any atom is 0.0224 e. The summed E-state index contributed by atoms with van der Waals surface area (Å²) in [4.78, 5) is 0. The molecule has 1 aliphatic rings. The fraction of sp³-hybridized carbons (Fsp3) is 1.00. The van der Waals surface area contributed by atoms with E-state index in [4.69, 9.17) is 5.73 Å². The van der Waals surface area contributed by atoms with Gasteiger partial charge in [-0.25, -0.2) is 0 Å². The van der Waals surface area contributed by atoms with Crippen LogP contribution >= 0.6 is 0 Å². The van der Waals surface area contributed by atoms with Gasteiger partial charge in [0, 0.05) is 17.6 Å². The van der Waals surface area contributed by atoms with Gasteiger partial charge < -0.3 is 11.1 Å². The number of nitrogens with two attached hydrogens (primary N) is 1. The van der Waals surface area contributed by atoms with Crippen molar-refractivity contribution in [3.63, 3.8) is 0 Å². The van der Waals surface area contributed by atoms with Crippen molar-refractivity contribution in [3.8, 4) is 0 Å². The first-order chi connectivity index (χ1) is 4.49. The van der Waals surface area contributed by atoms with Crippen LogP contribution in [0.4, 0.5) is 0 Å². The molecule has 1 rings (SSSR count). The van der Waals surface area contributed by atoms with Crippen LogP contribution in [0.25, 0.3) is 0 Å². The smallest absolute Gasteiger partial charge is 0.0224 e. The molecule has 0 radical (unpaired) electrons. The van der Waals surface area contributed by atoms with E-state index in [2.05, 4.69) is 26.1 Å². The zero-order valence-electron chi connectivity index (χ0n) is 7.15. The van der Waals surface area contributed by atoms with E-state index in [1.807, 2.05) is 0 Å². The molecule has 2 heteroatoms. The minimum atomic E-state index is 0.225. The highest BCUT2D eigenvalue weighted by Gasteiger charge is 2.29. The standard InChI is InChI=1S/C8H18N2/c1-8(2,3)10-7-5-4-6(7)9/h6-7,10H,4-5,9H2,1-3H3/t6-,7-/m1/s1. The third-order valence-corrected chi connectivity index (χ3v) is 1.95. The molecule has 3 N–H and O–H groups in total. The van der Waals surface area contributed by atoms with Crippen LogP contribution in [0.3, 0.4) is 0 Å². The van der Waals surface area contributed by atoms with Gasteiger partial charge in [-0.05, 0) is 33.6 Å². The summed E-state index contributed by atoms with van der Waals surface area (Å²) in [6, 6.07) is 0.972.